The summed E-state index contributed by atoms with van der Waals surface area (Å²) < 4.78 is 5.03. The number of aliphatic carboxylic acids is 1. The number of alkyl carbamates (subject to hydrolysis) is 1. The smallest absolute Gasteiger partial charge is 0.408 e. The minimum absolute atomic E-state index is 0.0287. The molecule has 2 rings (SSSR count). The number of benzene rings is 1. The Labute approximate surface area is 152 Å². The average molecular weight is 363 g/mol. The zero-order valence-corrected chi connectivity index (χ0v) is 14.9. The van der Waals surface area contributed by atoms with Crippen LogP contribution in [-0.2, 0) is 20.9 Å². The first-order chi connectivity index (χ1) is 12.5. The van der Waals surface area contributed by atoms with E-state index in [4.69, 9.17) is 4.74 Å². The van der Waals surface area contributed by atoms with Crippen LogP contribution in [-0.4, -0.2) is 72.1 Å². The lowest BCUT2D eigenvalue weighted by molar-refractivity contribution is -0.140. The monoisotopic (exact) mass is 363 g/mol. The maximum absolute atomic E-state index is 12.2. The molecule has 142 valence electrons. The number of carboxylic acids is 1. The molecule has 2 N–H and O–H groups in total. The number of ether oxygens (including phenoxy) is 1. The number of amides is 2. The summed E-state index contributed by atoms with van der Waals surface area (Å²) in [4.78, 5) is 39.2. The molecule has 0 saturated carbocycles. The predicted octanol–water partition coefficient (Wildman–Crippen LogP) is 0.920. The number of carbonyl (C=O) groups is 3. The largest absolute Gasteiger partial charge is 0.480 e. The molecule has 1 saturated heterocycles. The van der Waals surface area contributed by atoms with Crippen molar-refractivity contribution in [3.05, 3.63) is 35.9 Å². The molecule has 0 spiro atoms. The molecule has 2 amide bonds. The molecule has 1 aromatic rings. The first-order valence-corrected chi connectivity index (χ1v) is 8.62. The Balaban J connectivity index is 1.76. The molecule has 1 heterocycles. The van der Waals surface area contributed by atoms with Crippen LogP contribution in [0.1, 0.15) is 18.4 Å². The number of hydrogen-bond donors (Lipinski definition) is 2. The lowest BCUT2D eigenvalue weighted by Crippen LogP contribution is -2.48. The molecule has 0 unspecified atom stereocenters. The summed E-state index contributed by atoms with van der Waals surface area (Å²) >= 11 is 0. The van der Waals surface area contributed by atoms with Crippen LogP contribution in [0.4, 0.5) is 4.79 Å². The maximum Gasteiger partial charge on any atom is 0.408 e. The Hall–Kier alpha value is -2.61. The van der Waals surface area contributed by atoms with Gasteiger partial charge in [-0.1, -0.05) is 30.3 Å². The summed E-state index contributed by atoms with van der Waals surface area (Å²) in [5.74, 6) is -1.28. The summed E-state index contributed by atoms with van der Waals surface area (Å²) in [6.45, 7) is 2.94. The van der Waals surface area contributed by atoms with E-state index in [-0.39, 0.29) is 25.4 Å². The lowest BCUT2D eigenvalue weighted by atomic mass is 10.1. The van der Waals surface area contributed by atoms with Gasteiger partial charge in [0, 0.05) is 32.6 Å². The molecule has 1 aliphatic heterocycles. The summed E-state index contributed by atoms with van der Waals surface area (Å²) in [6, 6.07) is 7.94. The van der Waals surface area contributed by atoms with E-state index in [0.29, 0.717) is 13.1 Å². The Kier molecular flexibility index (Phi) is 7.40. The topological polar surface area (TPSA) is 99.2 Å². The van der Waals surface area contributed by atoms with Crippen LogP contribution >= 0.6 is 0 Å². The van der Waals surface area contributed by atoms with Crippen molar-refractivity contribution in [3.63, 3.8) is 0 Å². The van der Waals surface area contributed by atoms with E-state index < -0.39 is 18.1 Å². The standard InChI is InChI=1S/C18H25N3O5/c1-20-9-11-21(12-10-20)16(22)8-7-15(17(23)24)19-18(25)26-13-14-5-3-2-4-6-14/h2-6,15H,7-13H2,1H3,(H,19,25)(H,23,24)/t15-/m0/s1. The fraction of sp³-hybridized carbons (Fsp3) is 0.500. The summed E-state index contributed by atoms with van der Waals surface area (Å²) in [5, 5.41) is 11.6. The van der Waals surface area contributed by atoms with Crippen molar-refractivity contribution in [2.75, 3.05) is 33.2 Å². The van der Waals surface area contributed by atoms with Crippen molar-refractivity contribution >= 4 is 18.0 Å². The molecular formula is C18H25N3O5. The fourth-order valence-electron chi connectivity index (χ4n) is 2.65. The van der Waals surface area contributed by atoms with Crippen LogP contribution in [0.15, 0.2) is 30.3 Å². The minimum Gasteiger partial charge on any atom is -0.480 e. The van der Waals surface area contributed by atoms with E-state index in [1.807, 2.05) is 25.2 Å². The molecule has 1 fully saturated rings. The molecule has 8 nitrogen and oxygen atoms in total. The number of carbonyl (C=O) groups excluding carboxylic acids is 2. The zero-order valence-electron chi connectivity index (χ0n) is 14.9. The van der Waals surface area contributed by atoms with Gasteiger partial charge in [-0.25, -0.2) is 9.59 Å². The van der Waals surface area contributed by atoms with Gasteiger partial charge in [0.25, 0.3) is 0 Å². The Bertz CT molecular complexity index is 615. The highest BCUT2D eigenvalue weighted by Crippen LogP contribution is 2.07. The van der Waals surface area contributed by atoms with Crippen molar-refractivity contribution in [1.82, 2.24) is 15.1 Å². The maximum atomic E-state index is 12.2. The number of hydrogen-bond acceptors (Lipinski definition) is 5. The normalized spacial score (nSPS) is 16.0. The first kappa shape index (κ1) is 19.7. The Morgan fingerprint density at radius 2 is 1.81 bits per heavy atom. The molecule has 26 heavy (non-hydrogen) atoms. The third-order valence-electron chi connectivity index (χ3n) is 4.31. The van der Waals surface area contributed by atoms with Crippen molar-refractivity contribution < 1.29 is 24.2 Å². The van der Waals surface area contributed by atoms with Gasteiger partial charge in [0.1, 0.15) is 12.6 Å². The molecule has 8 heteroatoms. The van der Waals surface area contributed by atoms with E-state index in [9.17, 15) is 19.5 Å². The van der Waals surface area contributed by atoms with Crippen LogP contribution in [0.2, 0.25) is 0 Å². The molecule has 1 aromatic carbocycles. The molecule has 1 aliphatic rings. The lowest BCUT2D eigenvalue weighted by Gasteiger charge is -2.32. The van der Waals surface area contributed by atoms with Crippen LogP contribution in [0, 0.1) is 0 Å². The molecule has 0 aliphatic carbocycles. The highest BCUT2D eigenvalue weighted by Gasteiger charge is 2.24. The van der Waals surface area contributed by atoms with Gasteiger partial charge in [-0.15, -0.1) is 0 Å². The highest BCUT2D eigenvalue weighted by molar-refractivity contribution is 5.81. The third-order valence-corrected chi connectivity index (χ3v) is 4.31. The van der Waals surface area contributed by atoms with Gasteiger partial charge >= 0.3 is 12.1 Å². The second-order valence-electron chi connectivity index (χ2n) is 6.32. The van der Waals surface area contributed by atoms with Gasteiger partial charge in [-0.05, 0) is 19.0 Å². The van der Waals surface area contributed by atoms with Gasteiger partial charge in [0.15, 0.2) is 0 Å². The Morgan fingerprint density at radius 1 is 1.15 bits per heavy atom. The number of piperazine rings is 1. The number of likely N-dealkylation sites (N-methyl/N-ethyl adjacent to an activating group) is 1. The Morgan fingerprint density at radius 3 is 2.42 bits per heavy atom. The van der Waals surface area contributed by atoms with Crippen LogP contribution in [0.3, 0.4) is 0 Å². The first-order valence-electron chi connectivity index (χ1n) is 8.62. The fourth-order valence-corrected chi connectivity index (χ4v) is 2.65. The predicted molar refractivity (Wildman–Crippen MR) is 94.5 cm³/mol. The number of nitrogens with zero attached hydrogens (tertiary/aromatic N) is 2. The molecule has 0 radical (unpaired) electrons. The number of nitrogens with one attached hydrogen (secondary N) is 1. The van der Waals surface area contributed by atoms with Gasteiger partial charge in [-0.3, -0.25) is 4.79 Å². The van der Waals surface area contributed by atoms with Gasteiger partial charge in [0.2, 0.25) is 5.91 Å². The molecule has 1 atom stereocenters. The quantitative estimate of drug-likeness (QED) is 0.747. The number of carboxylic acid groups (broad SMARTS) is 1. The van der Waals surface area contributed by atoms with E-state index in [0.717, 1.165) is 18.7 Å². The molecular weight excluding hydrogens is 338 g/mol. The van der Waals surface area contributed by atoms with Gasteiger partial charge in [-0.2, -0.15) is 0 Å². The minimum atomic E-state index is -1.19. The van der Waals surface area contributed by atoms with Crippen molar-refractivity contribution in [2.45, 2.75) is 25.5 Å². The van der Waals surface area contributed by atoms with E-state index in [1.54, 1.807) is 17.0 Å². The van der Waals surface area contributed by atoms with Gasteiger partial charge < -0.3 is 25.0 Å². The van der Waals surface area contributed by atoms with E-state index in [2.05, 4.69) is 10.2 Å². The van der Waals surface area contributed by atoms with E-state index in [1.165, 1.54) is 0 Å². The van der Waals surface area contributed by atoms with Crippen LogP contribution in [0.25, 0.3) is 0 Å². The third kappa shape index (κ3) is 6.36. The van der Waals surface area contributed by atoms with Crippen molar-refractivity contribution in [2.24, 2.45) is 0 Å². The average Bonchev–Trinajstić information content (AvgIpc) is 2.64. The van der Waals surface area contributed by atoms with Crippen LogP contribution in [0.5, 0.6) is 0 Å². The summed E-state index contributed by atoms with van der Waals surface area (Å²) in [6.07, 6.45) is -0.714. The van der Waals surface area contributed by atoms with E-state index >= 15 is 0 Å². The second-order valence-corrected chi connectivity index (χ2v) is 6.32. The highest BCUT2D eigenvalue weighted by atomic mass is 16.5. The summed E-state index contributed by atoms with van der Waals surface area (Å²) in [5.41, 5.74) is 0.805. The van der Waals surface area contributed by atoms with Crippen molar-refractivity contribution in [1.29, 1.82) is 0 Å². The van der Waals surface area contributed by atoms with Gasteiger partial charge in [0.05, 0.1) is 0 Å². The molecule has 0 aromatic heterocycles. The summed E-state index contributed by atoms with van der Waals surface area (Å²) in [7, 11) is 1.99. The van der Waals surface area contributed by atoms with Crippen LogP contribution < -0.4 is 5.32 Å². The zero-order chi connectivity index (χ0) is 18.9. The SMILES string of the molecule is CN1CCN(C(=O)CC[C@H](NC(=O)OCc2ccccc2)C(=O)O)CC1. The van der Waals surface area contributed by atoms with Crippen molar-refractivity contribution in [3.8, 4) is 0 Å². The number of rotatable bonds is 7. The molecule has 0 bridgehead atoms. The second kappa shape index (κ2) is 9.76.